The smallest absolute Gasteiger partial charge is 0.545 e. The van der Waals surface area contributed by atoms with Crippen LogP contribution in [0.25, 0.3) is 0 Å². The second-order valence-corrected chi connectivity index (χ2v) is 9.85. The van der Waals surface area contributed by atoms with Gasteiger partial charge in [-0.25, -0.2) is 0 Å². The molecule has 0 spiro atoms. The highest BCUT2D eigenvalue weighted by atomic mass is 79.9. The average Bonchev–Trinajstić information content (AvgIpc) is 2.28. The summed E-state index contributed by atoms with van der Waals surface area (Å²) in [4.78, 5) is 9.55. The number of azo groups is 1. The van der Waals surface area contributed by atoms with E-state index in [9.17, 15) is 19.9 Å². The SMILES string of the molecule is CCOP(=O)(OCC)C(C)(C)N=[N+]([O-])C(Br)(Br)[N+](=O)[O-]. The van der Waals surface area contributed by atoms with Crippen molar-refractivity contribution in [2.24, 2.45) is 5.11 Å². The van der Waals surface area contributed by atoms with Crippen LogP contribution in [0.3, 0.4) is 0 Å². The van der Waals surface area contributed by atoms with Gasteiger partial charge in [0.25, 0.3) is 0 Å². The van der Waals surface area contributed by atoms with Crippen LogP contribution in [-0.4, -0.2) is 31.8 Å². The zero-order valence-electron chi connectivity index (χ0n) is 11.4. The van der Waals surface area contributed by atoms with E-state index < -0.39 is 21.3 Å². The molecule has 0 rings (SSSR count). The summed E-state index contributed by atoms with van der Waals surface area (Å²) in [7, 11) is -3.75. The van der Waals surface area contributed by atoms with E-state index in [4.69, 9.17) is 9.05 Å². The van der Waals surface area contributed by atoms with Crippen LogP contribution in [0.4, 0.5) is 0 Å². The fourth-order valence-corrected chi connectivity index (χ4v) is 2.84. The molecule has 0 aromatic heterocycles. The lowest BCUT2D eigenvalue weighted by Crippen LogP contribution is -2.36. The Bertz CT molecular complexity index is 432. The molecule has 0 saturated carbocycles. The standard InChI is InChI=1S/C8H16Br2N3O6P/c1-5-18-20(17,19-6-2)7(3,4)11-12(14)8(9,10)13(15)16/h5-6H2,1-4H3. The van der Waals surface area contributed by atoms with E-state index in [1.807, 2.05) is 0 Å². The minimum absolute atomic E-state index is 0.0814. The molecule has 9 nitrogen and oxygen atoms in total. The van der Waals surface area contributed by atoms with Gasteiger partial charge in [-0.2, -0.15) is 0 Å². The fraction of sp³-hybridized carbons (Fsp3) is 1.00. The zero-order chi connectivity index (χ0) is 16.2. The Kier molecular flexibility index (Phi) is 7.22. The Morgan fingerprint density at radius 2 is 1.60 bits per heavy atom. The minimum atomic E-state index is -3.75. The molecule has 0 amide bonds. The number of halogens is 2. The van der Waals surface area contributed by atoms with E-state index in [0.717, 1.165) is 0 Å². The fourth-order valence-electron chi connectivity index (χ4n) is 1.10. The van der Waals surface area contributed by atoms with Crippen LogP contribution in [0.5, 0.6) is 0 Å². The van der Waals surface area contributed by atoms with Crippen LogP contribution in [0.1, 0.15) is 27.7 Å². The maximum atomic E-state index is 12.6. The van der Waals surface area contributed by atoms with Crippen molar-refractivity contribution in [3.8, 4) is 0 Å². The number of alkyl halides is 2. The van der Waals surface area contributed by atoms with Gasteiger partial charge in [0.2, 0.25) is 5.28 Å². The van der Waals surface area contributed by atoms with Gasteiger partial charge in [0.1, 0.15) is 36.8 Å². The van der Waals surface area contributed by atoms with Gasteiger partial charge in [-0.1, -0.05) is 0 Å². The number of rotatable bonds is 8. The van der Waals surface area contributed by atoms with E-state index >= 15 is 0 Å². The third-order valence-electron chi connectivity index (χ3n) is 2.05. The second-order valence-electron chi connectivity index (χ2n) is 3.97. The summed E-state index contributed by atoms with van der Waals surface area (Å²) in [5.41, 5.74) is 0. The van der Waals surface area contributed by atoms with Crippen molar-refractivity contribution in [3.63, 3.8) is 0 Å². The molecule has 12 heteroatoms. The van der Waals surface area contributed by atoms with Crippen molar-refractivity contribution in [1.29, 1.82) is 0 Å². The van der Waals surface area contributed by atoms with Crippen LogP contribution < -0.4 is 0 Å². The van der Waals surface area contributed by atoms with Gasteiger partial charge in [0, 0.05) is 4.86 Å². The average molecular weight is 441 g/mol. The Morgan fingerprint density at radius 3 is 1.90 bits per heavy atom. The molecular formula is C8H16Br2N3O6P. The molecule has 0 heterocycles. The molecule has 118 valence electrons. The molecule has 0 aliphatic rings. The minimum Gasteiger partial charge on any atom is -0.593 e. The van der Waals surface area contributed by atoms with E-state index in [-0.39, 0.29) is 18.1 Å². The third kappa shape index (κ3) is 4.45. The van der Waals surface area contributed by atoms with Crippen molar-refractivity contribution in [3.05, 3.63) is 15.3 Å². The first-order chi connectivity index (χ1) is 8.94. The molecule has 0 radical (unpaired) electrons. The van der Waals surface area contributed by atoms with Gasteiger partial charge < -0.3 is 14.3 Å². The predicted octanol–water partition coefficient (Wildman–Crippen LogP) is 3.63. The van der Waals surface area contributed by atoms with Gasteiger partial charge in [-0.3, -0.25) is 14.7 Å². The quantitative estimate of drug-likeness (QED) is 0.0830. The van der Waals surface area contributed by atoms with Crippen molar-refractivity contribution in [2.45, 2.75) is 36.5 Å². The van der Waals surface area contributed by atoms with E-state index in [1.54, 1.807) is 13.8 Å². The van der Waals surface area contributed by atoms with Crippen LogP contribution in [0.15, 0.2) is 5.11 Å². The monoisotopic (exact) mass is 439 g/mol. The third-order valence-corrected chi connectivity index (χ3v) is 5.87. The highest BCUT2D eigenvalue weighted by molar-refractivity contribution is 9.25. The molecule has 20 heavy (non-hydrogen) atoms. The number of hydrogen-bond donors (Lipinski definition) is 0. The summed E-state index contributed by atoms with van der Waals surface area (Å²) in [6, 6.07) is 0. The van der Waals surface area contributed by atoms with Gasteiger partial charge in [-0.05, 0) is 32.8 Å². The largest absolute Gasteiger partial charge is 0.593 e. The molecule has 0 aliphatic carbocycles. The van der Waals surface area contributed by atoms with Crippen LogP contribution in [0, 0.1) is 15.3 Å². The molecule has 0 aliphatic heterocycles. The van der Waals surface area contributed by atoms with Gasteiger partial charge in [0.05, 0.1) is 13.2 Å². The lowest BCUT2D eigenvalue weighted by atomic mass is 10.4. The molecule has 0 bridgehead atoms. The Balaban J connectivity index is 5.61. The van der Waals surface area contributed by atoms with Gasteiger partial charge >= 0.3 is 11.1 Å². The lowest BCUT2D eigenvalue weighted by Gasteiger charge is -2.27. The Morgan fingerprint density at radius 1 is 1.20 bits per heavy atom. The molecule has 0 atom stereocenters. The van der Waals surface area contributed by atoms with E-state index in [1.165, 1.54) is 13.8 Å². The summed E-state index contributed by atoms with van der Waals surface area (Å²) >= 11 is 5.15. The first-order valence-electron chi connectivity index (χ1n) is 5.56. The molecule has 0 N–H and O–H groups in total. The van der Waals surface area contributed by atoms with Crippen molar-refractivity contribution in [2.75, 3.05) is 13.2 Å². The molecule has 0 aromatic rings. The summed E-state index contributed by atoms with van der Waals surface area (Å²) in [5.74, 6) is 0. The van der Waals surface area contributed by atoms with Crippen molar-refractivity contribution >= 4 is 39.5 Å². The normalized spacial score (nSPS) is 14.4. The van der Waals surface area contributed by atoms with Gasteiger partial charge in [-0.15, -0.1) is 0 Å². The summed E-state index contributed by atoms with van der Waals surface area (Å²) in [5, 5.41) is 24.4. The topological polar surface area (TPSA) is 117 Å². The Hall–Kier alpha value is -0.0900. The van der Waals surface area contributed by atoms with E-state index in [2.05, 4.69) is 37.0 Å². The van der Waals surface area contributed by atoms with Crippen LogP contribution >= 0.6 is 39.5 Å². The molecular weight excluding hydrogens is 425 g/mol. The number of nitro groups is 1. The van der Waals surface area contributed by atoms with Crippen molar-refractivity contribution in [1.82, 2.24) is 0 Å². The number of nitrogens with zero attached hydrogens (tertiary/aromatic N) is 3. The molecule has 0 saturated heterocycles. The van der Waals surface area contributed by atoms with E-state index in [0.29, 0.717) is 0 Å². The maximum absolute atomic E-state index is 12.6. The molecule has 0 fully saturated rings. The summed E-state index contributed by atoms with van der Waals surface area (Å²) < 4.78 is 20.4. The number of hydroxylamine groups is 1. The van der Waals surface area contributed by atoms with Crippen LogP contribution in [-0.2, 0) is 13.6 Å². The van der Waals surface area contributed by atoms with Crippen LogP contribution in [0.2, 0.25) is 0 Å². The summed E-state index contributed by atoms with van der Waals surface area (Å²) in [6.07, 6.45) is 0. The molecule has 0 unspecified atom stereocenters. The van der Waals surface area contributed by atoms with Crippen molar-refractivity contribution < 1.29 is 23.4 Å². The Labute approximate surface area is 133 Å². The summed E-state index contributed by atoms with van der Waals surface area (Å²) in [6.45, 7) is 6.04. The zero-order valence-corrected chi connectivity index (χ0v) is 15.5. The second kappa shape index (κ2) is 7.26. The van der Waals surface area contributed by atoms with Gasteiger partial charge in [0.15, 0.2) is 0 Å². The molecule has 0 aromatic carbocycles. The highest BCUT2D eigenvalue weighted by Gasteiger charge is 2.53. The first-order valence-corrected chi connectivity index (χ1v) is 8.69. The number of hydrogen-bond acceptors (Lipinski definition) is 7. The highest BCUT2D eigenvalue weighted by Crippen LogP contribution is 2.60. The first kappa shape index (κ1) is 19.9. The maximum Gasteiger partial charge on any atom is 0.545 e. The lowest BCUT2D eigenvalue weighted by molar-refractivity contribution is -0.745. The predicted molar refractivity (Wildman–Crippen MR) is 78.6 cm³/mol.